The average molecular weight is 430 g/mol. The number of amides is 1. The highest BCUT2D eigenvalue weighted by atomic mass is 35.5. The van der Waals surface area contributed by atoms with E-state index in [2.05, 4.69) is 5.32 Å². The van der Waals surface area contributed by atoms with Crippen molar-refractivity contribution >= 4 is 34.0 Å². The number of fused-ring (bicyclic) bond motifs is 1. The number of carbonyl (C=O) groups is 1. The van der Waals surface area contributed by atoms with E-state index < -0.39 is 5.91 Å². The summed E-state index contributed by atoms with van der Waals surface area (Å²) in [5.74, 6) is 0.354. The zero-order chi connectivity index (χ0) is 21.8. The number of nitrogens with zero attached hydrogens (tertiary/aromatic N) is 2. The van der Waals surface area contributed by atoms with Crippen molar-refractivity contribution in [2.24, 2.45) is 0 Å². The van der Waals surface area contributed by atoms with Crippen LogP contribution in [0.25, 0.3) is 10.8 Å². The molecular weight excluding hydrogens is 406 g/mol. The maximum Gasteiger partial charge on any atom is 0.258 e. The average Bonchev–Trinajstić information content (AvgIpc) is 2.73. The van der Waals surface area contributed by atoms with Gasteiger partial charge in [0.25, 0.3) is 11.5 Å². The molecule has 3 aromatic rings. The smallest absolute Gasteiger partial charge is 0.258 e. The molecule has 0 spiro atoms. The molecule has 0 radical (unpaired) electrons. The minimum atomic E-state index is -0.429. The van der Waals surface area contributed by atoms with Crippen molar-refractivity contribution in [1.82, 2.24) is 9.47 Å². The molecular formula is C22H24ClN3O4. The lowest BCUT2D eigenvalue weighted by molar-refractivity contribution is 0.102. The van der Waals surface area contributed by atoms with E-state index in [-0.39, 0.29) is 16.1 Å². The van der Waals surface area contributed by atoms with Gasteiger partial charge in [0.05, 0.1) is 24.8 Å². The summed E-state index contributed by atoms with van der Waals surface area (Å²) in [6, 6.07) is 10.2. The van der Waals surface area contributed by atoms with Gasteiger partial charge < -0.3 is 24.3 Å². The molecule has 3 rings (SSSR count). The van der Waals surface area contributed by atoms with E-state index in [4.69, 9.17) is 21.1 Å². The van der Waals surface area contributed by atoms with Crippen molar-refractivity contribution in [2.75, 3.05) is 40.2 Å². The Balaban J connectivity index is 1.98. The maximum atomic E-state index is 12.9. The summed E-state index contributed by atoms with van der Waals surface area (Å²) >= 11 is 6.32. The number of methoxy groups -OCH3 is 2. The monoisotopic (exact) mass is 429 g/mol. The summed E-state index contributed by atoms with van der Waals surface area (Å²) in [4.78, 5) is 27.8. The van der Waals surface area contributed by atoms with Gasteiger partial charge in [0, 0.05) is 41.8 Å². The summed E-state index contributed by atoms with van der Waals surface area (Å²) < 4.78 is 12.1. The van der Waals surface area contributed by atoms with E-state index in [9.17, 15) is 9.59 Å². The molecule has 1 amide bonds. The summed E-state index contributed by atoms with van der Waals surface area (Å²) in [6.07, 6.45) is 1.74. The van der Waals surface area contributed by atoms with Crippen LogP contribution in [0.1, 0.15) is 10.4 Å². The van der Waals surface area contributed by atoms with Gasteiger partial charge in [0.1, 0.15) is 11.5 Å². The minimum Gasteiger partial charge on any atom is -0.497 e. The first kappa shape index (κ1) is 21.7. The molecule has 0 atom stereocenters. The normalized spacial score (nSPS) is 11.0. The van der Waals surface area contributed by atoms with Crippen molar-refractivity contribution in [3.05, 3.63) is 63.5 Å². The van der Waals surface area contributed by atoms with Gasteiger partial charge in [0.15, 0.2) is 0 Å². The third-order valence-electron chi connectivity index (χ3n) is 4.77. The first-order valence-electron chi connectivity index (χ1n) is 9.35. The fourth-order valence-electron chi connectivity index (χ4n) is 3.10. The number of hydrogen-bond acceptors (Lipinski definition) is 5. The third kappa shape index (κ3) is 4.42. The standard InChI is InChI=1S/C22H24ClN3O4/c1-25(2)10-11-26-9-8-15-16(22(26)28)6-5-7-18(15)24-21(27)17-12-14(29-3)13-19(30-4)20(17)23/h5-9,12-13H,10-11H2,1-4H3,(H,24,27). The molecule has 30 heavy (non-hydrogen) atoms. The van der Waals surface area contributed by atoms with Crippen LogP contribution in [0.2, 0.25) is 5.02 Å². The Hall–Kier alpha value is -3.03. The quantitative estimate of drug-likeness (QED) is 0.622. The molecule has 0 saturated heterocycles. The Morgan fingerprint density at radius 3 is 2.57 bits per heavy atom. The van der Waals surface area contributed by atoms with E-state index in [1.54, 1.807) is 41.1 Å². The number of anilines is 1. The molecule has 1 N–H and O–H groups in total. The van der Waals surface area contributed by atoms with Gasteiger partial charge in [-0.05, 0) is 38.4 Å². The Morgan fingerprint density at radius 2 is 1.90 bits per heavy atom. The topological polar surface area (TPSA) is 72.8 Å². The number of carbonyl (C=O) groups excluding carboxylic acids is 1. The van der Waals surface area contributed by atoms with Gasteiger partial charge in [-0.1, -0.05) is 17.7 Å². The number of rotatable bonds is 7. The lowest BCUT2D eigenvalue weighted by Gasteiger charge is -2.14. The zero-order valence-corrected chi connectivity index (χ0v) is 18.1. The van der Waals surface area contributed by atoms with Crippen molar-refractivity contribution in [3.63, 3.8) is 0 Å². The van der Waals surface area contributed by atoms with E-state index in [1.165, 1.54) is 14.2 Å². The highest BCUT2D eigenvalue weighted by molar-refractivity contribution is 6.36. The Labute approximate surface area is 179 Å². The number of benzene rings is 2. The maximum absolute atomic E-state index is 12.9. The highest BCUT2D eigenvalue weighted by Crippen LogP contribution is 2.34. The van der Waals surface area contributed by atoms with Gasteiger partial charge in [-0.25, -0.2) is 0 Å². The molecule has 8 heteroatoms. The summed E-state index contributed by atoms with van der Waals surface area (Å²) in [7, 11) is 6.88. The van der Waals surface area contributed by atoms with Gasteiger partial charge in [-0.3, -0.25) is 9.59 Å². The first-order chi connectivity index (χ1) is 14.3. The van der Waals surface area contributed by atoms with Crippen molar-refractivity contribution in [2.45, 2.75) is 6.54 Å². The molecule has 7 nitrogen and oxygen atoms in total. The van der Waals surface area contributed by atoms with Crippen LogP contribution in [0.15, 0.2) is 47.4 Å². The van der Waals surface area contributed by atoms with E-state index in [0.717, 1.165) is 6.54 Å². The second kappa shape index (κ2) is 9.19. The van der Waals surface area contributed by atoms with Crippen molar-refractivity contribution in [3.8, 4) is 11.5 Å². The Kier molecular flexibility index (Phi) is 6.64. The second-order valence-electron chi connectivity index (χ2n) is 7.03. The summed E-state index contributed by atoms with van der Waals surface area (Å²) in [5.41, 5.74) is 0.628. The van der Waals surface area contributed by atoms with Crippen molar-refractivity contribution in [1.29, 1.82) is 0 Å². The predicted octanol–water partition coefficient (Wildman–Crippen LogP) is 3.49. The number of aromatic nitrogens is 1. The van der Waals surface area contributed by atoms with Crippen LogP contribution in [-0.4, -0.2) is 50.2 Å². The number of hydrogen-bond donors (Lipinski definition) is 1. The fraction of sp³-hybridized carbons (Fsp3) is 0.273. The first-order valence-corrected chi connectivity index (χ1v) is 9.73. The highest BCUT2D eigenvalue weighted by Gasteiger charge is 2.18. The molecule has 1 heterocycles. The number of halogens is 1. The molecule has 158 valence electrons. The molecule has 1 aromatic heterocycles. The Morgan fingerprint density at radius 1 is 1.13 bits per heavy atom. The summed E-state index contributed by atoms with van der Waals surface area (Å²) in [5, 5.41) is 4.22. The molecule has 2 aromatic carbocycles. The van der Waals surface area contributed by atoms with Crippen LogP contribution >= 0.6 is 11.6 Å². The fourth-order valence-corrected chi connectivity index (χ4v) is 3.38. The molecule has 0 fully saturated rings. The third-order valence-corrected chi connectivity index (χ3v) is 5.16. The second-order valence-corrected chi connectivity index (χ2v) is 7.41. The summed E-state index contributed by atoms with van der Waals surface area (Å²) in [6.45, 7) is 1.33. The minimum absolute atomic E-state index is 0.105. The molecule has 0 saturated carbocycles. The lowest BCUT2D eigenvalue weighted by atomic mass is 10.1. The van der Waals surface area contributed by atoms with Crippen LogP contribution in [0.5, 0.6) is 11.5 Å². The SMILES string of the molecule is COc1cc(OC)c(Cl)c(C(=O)Nc2cccc3c(=O)n(CCN(C)C)ccc23)c1. The molecule has 0 aliphatic rings. The molecule has 0 unspecified atom stereocenters. The zero-order valence-electron chi connectivity index (χ0n) is 17.4. The number of likely N-dealkylation sites (N-methyl/N-ethyl adjacent to an activating group) is 1. The van der Waals surface area contributed by atoms with Crippen LogP contribution in [-0.2, 0) is 6.54 Å². The van der Waals surface area contributed by atoms with Gasteiger partial charge >= 0.3 is 0 Å². The van der Waals surface area contributed by atoms with Crippen LogP contribution in [0.3, 0.4) is 0 Å². The van der Waals surface area contributed by atoms with E-state index >= 15 is 0 Å². The largest absolute Gasteiger partial charge is 0.497 e. The van der Waals surface area contributed by atoms with Crippen LogP contribution in [0, 0.1) is 0 Å². The molecule has 0 bridgehead atoms. The number of pyridine rings is 1. The molecule has 0 aliphatic carbocycles. The van der Waals surface area contributed by atoms with Gasteiger partial charge in [-0.2, -0.15) is 0 Å². The van der Waals surface area contributed by atoms with Gasteiger partial charge in [0.2, 0.25) is 0 Å². The predicted molar refractivity (Wildman–Crippen MR) is 119 cm³/mol. The van der Waals surface area contributed by atoms with Gasteiger partial charge in [-0.15, -0.1) is 0 Å². The van der Waals surface area contributed by atoms with Crippen LogP contribution in [0.4, 0.5) is 5.69 Å². The Bertz CT molecular complexity index is 1140. The van der Waals surface area contributed by atoms with Crippen LogP contribution < -0.4 is 20.3 Å². The number of nitrogens with one attached hydrogen (secondary N) is 1. The van der Waals surface area contributed by atoms with E-state index in [0.29, 0.717) is 34.5 Å². The van der Waals surface area contributed by atoms with E-state index in [1.807, 2.05) is 25.1 Å². The number of ether oxygens (including phenoxy) is 2. The molecule has 0 aliphatic heterocycles. The lowest BCUT2D eigenvalue weighted by Crippen LogP contribution is -2.26. The van der Waals surface area contributed by atoms with Crippen molar-refractivity contribution < 1.29 is 14.3 Å².